The van der Waals surface area contributed by atoms with E-state index in [0.29, 0.717) is 19.6 Å². The van der Waals surface area contributed by atoms with E-state index in [2.05, 4.69) is 10.0 Å². The molecular weight excluding hydrogens is 406 g/mol. The van der Waals surface area contributed by atoms with Crippen molar-refractivity contribution in [2.24, 2.45) is 0 Å². The second-order valence-corrected chi connectivity index (χ2v) is 9.25. The zero-order valence-electron chi connectivity index (χ0n) is 19.1. The highest BCUT2D eigenvalue weighted by Gasteiger charge is 2.24. The number of sulfonamides is 1. The SMILES string of the molecule is COCCCNC(=O)CN(C)C(=O)CCNS(=O)(=O)c1c(C)c(C)c(C)c(C)c1C. The molecule has 0 saturated heterocycles. The molecule has 30 heavy (non-hydrogen) atoms. The van der Waals surface area contributed by atoms with Gasteiger partial charge in [-0.1, -0.05) is 0 Å². The largest absolute Gasteiger partial charge is 0.385 e. The summed E-state index contributed by atoms with van der Waals surface area (Å²) in [5, 5.41) is 2.71. The number of methoxy groups -OCH3 is 1. The molecule has 1 rings (SSSR count). The molecule has 1 aromatic rings. The molecule has 2 N–H and O–H groups in total. The quantitative estimate of drug-likeness (QED) is 0.507. The predicted octanol–water partition coefficient (Wildman–Crippen LogP) is 1.51. The molecule has 170 valence electrons. The summed E-state index contributed by atoms with van der Waals surface area (Å²) in [5.74, 6) is -0.575. The van der Waals surface area contributed by atoms with E-state index >= 15 is 0 Å². The highest BCUT2D eigenvalue weighted by Crippen LogP contribution is 2.29. The topological polar surface area (TPSA) is 105 Å². The highest BCUT2D eigenvalue weighted by molar-refractivity contribution is 7.89. The third-order valence-electron chi connectivity index (χ3n) is 5.48. The number of hydrogen-bond acceptors (Lipinski definition) is 5. The monoisotopic (exact) mass is 441 g/mol. The number of rotatable bonds is 11. The van der Waals surface area contributed by atoms with E-state index in [1.54, 1.807) is 21.0 Å². The molecule has 0 unspecified atom stereocenters. The number of carbonyl (C=O) groups is 2. The summed E-state index contributed by atoms with van der Waals surface area (Å²) in [4.78, 5) is 25.7. The molecule has 0 aliphatic carbocycles. The van der Waals surface area contributed by atoms with E-state index in [9.17, 15) is 18.0 Å². The maximum Gasteiger partial charge on any atom is 0.241 e. The smallest absolute Gasteiger partial charge is 0.241 e. The van der Waals surface area contributed by atoms with Crippen molar-refractivity contribution in [1.29, 1.82) is 0 Å². The lowest BCUT2D eigenvalue weighted by atomic mass is 9.95. The van der Waals surface area contributed by atoms with Crippen molar-refractivity contribution in [1.82, 2.24) is 14.9 Å². The normalized spacial score (nSPS) is 11.4. The van der Waals surface area contributed by atoms with Crippen LogP contribution >= 0.6 is 0 Å². The van der Waals surface area contributed by atoms with Crippen molar-refractivity contribution in [2.45, 2.75) is 52.4 Å². The number of benzene rings is 1. The van der Waals surface area contributed by atoms with Gasteiger partial charge in [-0.15, -0.1) is 0 Å². The summed E-state index contributed by atoms with van der Waals surface area (Å²) in [6.07, 6.45) is 0.660. The summed E-state index contributed by atoms with van der Waals surface area (Å²) in [7, 11) is -0.647. The van der Waals surface area contributed by atoms with Gasteiger partial charge in [-0.2, -0.15) is 0 Å². The Kier molecular flexibility index (Phi) is 9.93. The first kappa shape index (κ1) is 26.1. The Morgan fingerprint density at radius 3 is 2.00 bits per heavy atom. The first-order chi connectivity index (χ1) is 13.9. The number of likely N-dealkylation sites (N-methyl/N-ethyl adjacent to an activating group) is 1. The summed E-state index contributed by atoms with van der Waals surface area (Å²) in [6.45, 7) is 10.3. The fourth-order valence-corrected chi connectivity index (χ4v) is 4.86. The second-order valence-electron chi connectivity index (χ2n) is 7.55. The van der Waals surface area contributed by atoms with Gasteiger partial charge in [0.1, 0.15) is 0 Å². The Bertz CT molecular complexity index is 852. The molecule has 0 aromatic heterocycles. The van der Waals surface area contributed by atoms with Crippen LogP contribution in [0.4, 0.5) is 0 Å². The first-order valence-electron chi connectivity index (χ1n) is 10.00. The predicted molar refractivity (Wildman–Crippen MR) is 117 cm³/mol. The number of carbonyl (C=O) groups excluding carboxylic acids is 2. The minimum atomic E-state index is -3.76. The molecule has 0 aliphatic heterocycles. The Hall–Kier alpha value is -1.97. The first-order valence-corrected chi connectivity index (χ1v) is 11.5. The summed E-state index contributed by atoms with van der Waals surface area (Å²) < 4.78 is 33.2. The van der Waals surface area contributed by atoms with Gasteiger partial charge in [-0.05, 0) is 68.9 Å². The number of nitrogens with one attached hydrogen (secondary N) is 2. The zero-order valence-corrected chi connectivity index (χ0v) is 20.0. The van der Waals surface area contributed by atoms with E-state index in [4.69, 9.17) is 4.74 Å². The molecule has 0 bridgehead atoms. The standard InChI is InChI=1S/C21H35N3O5S/c1-14-15(2)17(4)21(18(5)16(14)3)30(27,28)23-11-9-20(26)24(6)13-19(25)22-10-8-12-29-7/h23H,8-13H2,1-7H3,(H,22,25). The average molecular weight is 442 g/mol. The lowest BCUT2D eigenvalue weighted by Crippen LogP contribution is -2.40. The van der Waals surface area contributed by atoms with Crippen LogP contribution in [-0.4, -0.2) is 65.5 Å². The van der Waals surface area contributed by atoms with E-state index in [-0.39, 0.29) is 36.2 Å². The molecule has 0 atom stereocenters. The molecule has 0 radical (unpaired) electrons. The molecule has 1 aromatic carbocycles. The van der Waals surface area contributed by atoms with Crippen LogP contribution in [0.3, 0.4) is 0 Å². The Morgan fingerprint density at radius 2 is 1.47 bits per heavy atom. The van der Waals surface area contributed by atoms with Crippen LogP contribution in [0.15, 0.2) is 4.90 Å². The van der Waals surface area contributed by atoms with Crippen LogP contribution in [0.1, 0.15) is 40.7 Å². The second kappa shape index (κ2) is 11.4. The lowest BCUT2D eigenvalue weighted by Gasteiger charge is -2.20. The maximum absolute atomic E-state index is 12.9. The van der Waals surface area contributed by atoms with Gasteiger partial charge >= 0.3 is 0 Å². The van der Waals surface area contributed by atoms with Crippen LogP contribution in [0.2, 0.25) is 0 Å². The molecule has 9 heteroatoms. The van der Waals surface area contributed by atoms with Gasteiger partial charge in [0.2, 0.25) is 21.8 Å². The number of nitrogens with zero attached hydrogens (tertiary/aromatic N) is 1. The highest BCUT2D eigenvalue weighted by atomic mass is 32.2. The van der Waals surface area contributed by atoms with E-state index < -0.39 is 10.0 Å². The number of hydrogen-bond donors (Lipinski definition) is 2. The molecule has 2 amide bonds. The van der Waals surface area contributed by atoms with Gasteiger partial charge in [0.05, 0.1) is 11.4 Å². The zero-order chi connectivity index (χ0) is 23.1. The van der Waals surface area contributed by atoms with Gasteiger partial charge < -0.3 is 15.0 Å². The minimum Gasteiger partial charge on any atom is -0.385 e. The molecule has 0 saturated carbocycles. The molecule has 0 heterocycles. The van der Waals surface area contributed by atoms with E-state index in [0.717, 1.165) is 27.8 Å². The third-order valence-corrected chi connectivity index (χ3v) is 7.22. The van der Waals surface area contributed by atoms with Crippen molar-refractivity contribution in [3.63, 3.8) is 0 Å². The fraction of sp³-hybridized carbons (Fsp3) is 0.619. The molecule has 8 nitrogen and oxygen atoms in total. The van der Waals surface area contributed by atoms with E-state index in [1.807, 2.05) is 20.8 Å². The fourth-order valence-electron chi connectivity index (χ4n) is 3.23. The van der Waals surface area contributed by atoms with Gasteiger partial charge in [-0.25, -0.2) is 13.1 Å². The van der Waals surface area contributed by atoms with Crippen LogP contribution in [0, 0.1) is 34.6 Å². The number of ether oxygens (including phenoxy) is 1. The Morgan fingerprint density at radius 1 is 0.933 bits per heavy atom. The van der Waals surface area contributed by atoms with Crippen molar-refractivity contribution < 1.29 is 22.7 Å². The number of amides is 2. The summed E-state index contributed by atoms with van der Waals surface area (Å²) in [6, 6.07) is 0. The van der Waals surface area contributed by atoms with Crippen LogP contribution in [-0.2, 0) is 24.3 Å². The minimum absolute atomic E-state index is 0.0331. The maximum atomic E-state index is 12.9. The molecule has 0 spiro atoms. The Labute approximate surface area is 180 Å². The van der Waals surface area contributed by atoms with Crippen molar-refractivity contribution in [3.8, 4) is 0 Å². The van der Waals surface area contributed by atoms with Crippen LogP contribution in [0.5, 0.6) is 0 Å². The van der Waals surface area contributed by atoms with Gasteiger partial charge in [0, 0.05) is 40.3 Å². The van der Waals surface area contributed by atoms with Gasteiger partial charge in [0.25, 0.3) is 0 Å². The Balaban J connectivity index is 2.67. The average Bonchev–Trinajstić information content (AvgIpc) is 2.67. The molecule has 0 aliphatic rings. The third kappa shape index (κ3) is 6.78. The lowest BCUT2D eigenvalue weighted by molar-refractivity contribution is -0.134. The van der Waals surface area contributed by atoms with Crippen molar-refractivity contribution in [2.75, 3.05) is 40.4 Å². The van der Waals surface area contributed by atoms with E-state index in [1.165, 1.54) is 11.9 Å². The van der Waals surface area contributed by atoms with Gasteiger partial charge in [-0.3, -0.25) is 9.59 Å². The van der Waals surface area contributed by atoms with Crippen LogP contribution in [0.25, 0.3) is 0 Å². The van der Waals surface area contributed by atoms with Crippen molar-refractivity contribution in [3.05, 3.63) is 27.8 Å². The molecule has 0 fully saturated rings. The van der Waals surface area contributed by atoms with Gasteiger partial charge in [0.15, 0.2) is 0 Å². The van der Waals surface area contributed by atoms with Crippen molar-refractivity contribution >= 4 is 21.8 Å². The summed E-state index contributed by atoms with van der Waals surface area (Å²) in [5.41, 5.74) is 4.42. The summed E-state index contributed by atoms with van der Waals surface area (Å²) >= 11 is 0. The molecular formula is C21H35N3O5S. The van der Waals surface area contributed by atoms with Crippen LogP contribution < -0.4 is 10.0 Å².